The third-order valence-electron chi connectivity index (χ3n) is 1.43. The molecule has 0 fully saturated rings. The lowest BCUT2D eigenvalue weighted by Gasteiger charge is -2.05. The quantitative estimate of drug-likeness (QED) is 0.559. The van der Waals surface area contributed by atoms with Gasteiger partial charge in [-0.15, -0.1) is 0 Å². The number of rotatable bonds is 3. The van der Waals surface area contributed by atoms with Gasteiger partial charge in [-0.05, 0) is 24.1 Å². The molecule has 4 nitrogen and oxygen atoms in total. The largest absolute Gasteiger partial charge is 0.748 e. The molecule has 1 heterocycles. The fraction of sp³-hybridized carbons (Fsp3) is 0.286. The average Bonchev–Trinajstić information content (AvgIpc) is 2.00. The normalized spacial score (nSPS) is 11.5. The minimum atomic E-state index is -4.15. The second-order valence-electron chi connectivity index (χ2n) is 2.50. The Morgan fingerprint density at radius 2 is 2.23 bits per heavy atom. The Kier molecular flexibility index (Phi) is 3.24. The molecule has 0 aliphatic carbocycles. The van der Waals surface area contributed by atoms with E-state index in [0.29, 0.717) is 10.7 Å². The summed E-state index contributed by atoms with van der Waals surface area (Å²) in [4.78, 5) is 3.72. The Balaban J connectivity index is 2.65. The van der Waals surface area contributed by atoms with E-state index in [0.717, 1.165) is 0 Å². The maximum Gasteiger partial charge on any atom is 0.129 e. The second kappa shape index (κ2) is 4.04. The van der Waals surface area contributed by atoms with Crippen LogP contribution in [0.4, 0.5) is 0 Å². The lowest BCUT2D eigenvalue weighted by molar-refractivity contribution is 0.462. The molecule has 0 aromatic carbocycles. The molecule has 0 spiro atoms. The van der Waals surface area contributed by atoms with Crippen LogP contribution in [0.3, 0.4) is 0 Å². The molecule has 0 saturated carbocycles. The minimum Gasteiger partial charge on any atom is -0.748 e. The highest BCUT2D eigenvalue weighted by molar-refractivity contribution is 7.85. The highest BCUT2D eigenvalue weighted by Gasteiger charge is 1.98. The number of nitrogens with zero attached hydrogens (tertiary/aromatic N) is 1. The van der Waals surface area contributed by atoms with Crippen LogP contribution in [0.25, 0.3) is 0 Å². The van der Waals surface area contributed by atoms with E-state index < -0.39 is 15.9 Å². The number of hydrogen-bond donors (Lipinski definition) is 0. The summed E-state index contributed by atoms with van der Waals surface area (Å²) in [7, 11) is -4.15. The van der Waals surface area contributed by atoms with Crippen molar-refractivity contribution in [3.05, 3.63) is 29.0 Å². The van der Waals surface area contributed by atoms with E-state index in [1.807, 2.05) is 0 Å². The highest BCUT2D eigenvalue weighted by atomic mass is 35.5. The first-order valence-electron chi connectivity index (χ1n) is 3.51. The Bertz CT molecular complexity index is 390. The van der Waals surface area contributed by atoms with Gasteiger partial charge in [-0.2, -0.15) is 0 Å². The van der Waals surface area contributed by atoms with Crippen LogP contribution in [0, 0.1) is 0 Å². The third-order valence-corrected chi connectivity index (χ3v) is 2.34. The van der Waals surface area contributed by atoms with Gasteiger partial charge < -0.3 is 4.55 Å². The molecule has 1 aromatic rings. The average molecular weight is 221 g/mol. The molecule has 0 saturated heterocycles. The first kappa shape index (κ1) is 10.4. The van der Waals surface area contributed by atoms with Crippen LogP contribution in [0.15, 0.2) is 18.3 Å². The van der Waals surface area contributed by atoms with Gasteiger partial charge >= 0.3 is 0 Å². The second-order valence-corrected chi connectivity index (χ2v) is 4.41. The van der Waals surface area contributed by atoms with Gasteiger partial charge in [-0.25, -0.2) is 13.4 Å². The van der Waals surface area contributed by atoms with E-state index in [4.69, 9.17) is 11.6 Å². The van der Waals surface area contributed by atoms with Gasteiger partial charge in [0.25, 0.3) is 0 Å². The summed E-state index contributed by atoms with van der Waals surface area (Å²) in [5.74, 6) is -0.409. The predicted molar refractivity (Wildman–Crippen MR) is 47.5 cm³/mol. The van der Waals surface area contributed by atoms with Gasteiger partial charge in [-0.1, -0.05) is 11.6 Å². The molecule has 0 atom stereocenters. The summed E-state index contributed by atoms with van der Waals surface area (Å²) in [6.45, 7) is 0. The Hall–Kier alpha value is -0.650. The summed E-state index contributed by atoms with van der Waals surface area (Å²) in [5.41, 5.74) is 0.694. The summed E-state index contributed by atoms with van der Waals surface area (Å²) in [6.07, 6.45) is 1.64. The Morgan fingerprint density at radius 1 is 1.54 bits per heavy atom. The molecule has 0 aliphatic heterocycles. The zero-order valence-electron chi connectivity index (χ0n) is 6.60. The molecule has 0 N–H and O–H groups in total. The first-order chi connectivity index (χ1) is 5.97. The molecule has 1 rings (SSSR count). The summed E-state index contributed by atoms with van der Waals surface area (Å²) in [5, 5.41) is 0.292. The van der Waals surface area contributed by atoms with E-state index >= 15 is 0 Å². The van der Waals surface area contributed by atoms with Crippen molar-refractivity contribution in [2.24, 2.45) is 0 Å². The van der Waals surface area contributed by atoms with E-state index in [1.54, 1.807) is 6.07 Å². The topological polar surface area (TPSA) is 70.1 Å². The molecule has 13 heavy (non-hydrogen) atoms. The van der Waals surface area contributed by atoms with Gasteiger partial charge in [0.05, 0.1) is 10.1 Å². The minimum absolute atomic E-state index is 0.175. The van der Waals surface area contributed by atoms with Crippen LogP contribution in [-0.2, 0) is 16.5 Å². The van der Waals surface area contributed by atoms with E-state index in [9.17, 15) is 13.0 Å². The van der Waals surface area contributed by atoms with E-state index in [1.165, 1.54) is 12.3 Å². The number of hydrogen-bond acceptors (Lipinski definition) is 4. The summed E-state index contributed by atoms with van der Waals surface area (Å²) >= 11 is 5.56. The number of aryl methyl sites for hydroxylation is 1. The molecule has 0 amide bonds. The molecule has 72 valence electrons. The van der Waals surface area contributed by atoms with Crippen LogP contribution in [0.2, 0.25) is 5.15 Å². The van der Waals surface area contributed by atoms with Crippen LogP contribution in [-0.4, -0.2) is 23.7 Å². The van der Waals surface area contributed by atoms with Crippen molar-refractivity contribution < 1.29 is 13.0 Å². The molecular weight excluding hydrogens is 214 g/mol. The fourth-order valence-corrected chi connectivity index (χ4v) is 1.52. The monoisotopic (exact) mass is 220 g/mol. The summed E-state index contributed by atoms with van der Waals surface area (Å²) in [6, 6.07) is 3.16. The van der Waals surface area contributed by atoms with Gasteiger partial charge in [-0.3, -0.25) is 0 Å². The molecule has 0 unspecified atom stereocenters. The lowest BCUT2D eigenvalue weighted by atomic mass is 10.2. The van der Waals surface area contributed by atoms with Crippen LogP contribution in [0.5, 0.6) is 0 Å². The van der Waals surface area contributed by atoms with Crippen LogP contribution in [0.1, 0.15) is 5.56 Å². The van der Waals surface area contributed by atoms with E-state index in [-0.39, 0.29) is 6.42 Å². The van der Waals surface area contributed by atoms with Crippen molar-refractivity contribution in [2.75, 3.05) is 5.75 Å². The highest BCUT2D eigenvalue weighted by Crippen LogP contribution is 2.07. The van der Waals surface area contributed by atoms with Crippen molar-refractivity contribution in [1.82, 2.24) is 4.98 Å². The van der Waals surface area contributed by atoms with Gasteiger partial charge in [0.15, 0.2) is 0 Å². The van der Waals surface area contributed by atoms with Crippen molar-refractivity contribution >= 4 is 21.7 Å². The third kappa shape index (κ3) is 4.21. The van der Waals surface area contributed by atoms with Crippen molar-refractivity contribution in [2.45, 2.75) is 6.42 Å². The van der Waals surface area contributed by atoms with Gasteiger partial charge in [0.1, 0.15) is 5.15 Å². The number of pyridine rings is 1. The smallest absolute Gasteiger partial charge is 0.129 e. The molecule has 0 aliphatic rings. The zero-order valence-corrected chi connectivity index (χ0v) is 8.18. The van der Waals surface area contributed by atoms with Crippen molar-refractivity contribution in [1.29, 1.82) is 0 Å². The maximum absolute atomic E-state index is 10.3. The van der Waals surface area contributed by atoms with Gasteiger partial charge in [0.2, 0.25) is 0 Å². The summed E-state index contributed by atoms with van der Waals surface area (Å²) < 4.78 is 30.9. The SMILES string of the molecule is O=S(=O)([O-])CCc1ccnc(Cl)c1. The Labute approximate surface area is 81.3 Å². The molecular formula is C7H7ClNO3S-. The maximum atomic E-state index is 10.3. The number of halogens is 1. The van der Waals surface area contributed by atoms with Crippen molar-refractivity contribution in [3.63, 3.8) is 0 Å². The molecule has 0 radical (unpaired) electrons. The number of aromatic nitrogens is 1. The first-order valence-corrected chi connectivity index (χ1v) is 5.47. The molecule has 6 heteroatoms. The molecule has 1 aromatic heterocycles. The fourth-order valence-electron chi connectivity index (χ4n) is 0.841. The predicted octanol–water partition coefficient (Wildman–Crippen LogP) is 0.823. The standard InChI is InChI=1S/C7H8ClNO3S/c8-7-5-6(1-3-9-7)2-4-13(10,11)12/h1,3,5H,2,4H2,(H,10,11,12)/p-1. The van der Waals surface area contributed by atoms with E-state index in [2.05, 4.69) is 4.98 Å². The zero-order chi connectivity index (χ0) is 9.90. The van der Waals surface area contributed by atoms with Gasteiger partial charge in [0, 0.05) is 11.9 Å². The van der Waals surface area contributed by atoms with Crippen LogP contribution < -0.4 is 0 Å². The Morgan fingerprint density at radius 3 is 2.77 bits per heavy atom. The lowest BCUT2D eigenvalue weighted by Crippen LogP contribution is -2.06. The molecule has 0 bridgehead atoms. The van der Waals surface area contributed by atoms with Crippen molar-refractivity contribution in [3.8, 4) is 0 Å². The van der Waals surface area contributed by atoms with Crippen LogP contribution >= 0.6 is 11.6 Å².